The molecule has 132 valence electrons. The van der Waals surface area contributed by atoms with Crippen LogP contribution in [-0.4, -0.2) is 11.6 Å². The van der Waals surface area contributed by atoms with Crippen molar-refractivity contribution in [2.24, 2.45) is 0 Å². The molecule has 0 amide bonds. The van der Waals surface area contributed by atoms with E-state index in [1.807, 2.05) is 68.4 Å². The van der Waals surface area contributed by atoms with Gasteiger partial charge in [-0.15, -0.1) is 0 Å². The Kier molecular flexibility index (Phi) is 5.20. The van der Waals surface area contributed by atoms with Crippen LogP contribution in [0.5, 0.6) is 0 Å². The molecule has 2 aromatic carbocycles. The number of nitrogens with one attached hydrogen (secondary N) is 1. The molecule has 3 aromatic rings. The molecule has 0 fully saturated rings. The van der Waals surface area contributed by atoms with Gasteiger partial charge in [0.2, 0.25) is 0 Å². The number of ether oxygens (including phenoxy) is 1. The van der Waals surface area contributed by atoms with E-state index in [-0.39, 0.29) is 12.2 Å². The fraction of sp³-hybridized carbons (Fsp3) is 0.273. The van der Waals surface area contributed by atoms with Gasteiger partial charge in [0.15, 0.2) is 0 Å². The molecule has 0 aliphatic rings. The van der Waals surface area contributed by atoms with E-state index in [2.05, 4.69) is 11.1 Å². The first kappa shape index (κ1) is 17.9. The largest absolute Gasteiger partial charge is 0.375 e. The molecule has 26 heavy (non-hydrogen) atoms. The summed E-state index contributed by atoms with van der Waals surface area (Å²) < 4.78 is 5.81. The first-order chi connectivity index (χ1) is 12.6. The molecule has 1 unspecified atom stereocenters. The number of benzene rings is 2. The fourth-order valence-electron chi connectivity index (χ4n) is 2.98. The van der Waals surface area contributed by atoms with Crippen molar-refractivity contribution in [3.8, 4) is 6.07 Å². The highest BCUT2D eigenvalue weighted by Crippen LogP contribution is 2.27. The van der Waals surface area contributed by atoms with Gasteiger partial charge in [0.1, 0.15) is 5.41 Å². The maximum atomic E-state index is 12.1. The number of nitriles is 1. The Bertz CT molecular complexity index is 1000. The van der Waals surface area contributed by atoms with Crippen LogP contribution in [0, 0.1) is 11.3 Å². The molecule has 0 aliphatic heterocycles. The van der Waals surface area contributed by atoms with Crippen LogP contribution in [0.2, 0.25) is 0 Å². The van der Waals surface area contributed by atoms with Crippen LogP contribution in [0.25, 0.3) is 10.9 Å². The van der Waals surface area contributed by atoms with E-state index >= 15 is 0 Å². The van der Waals surface area contributed by atoms with Crippen molar-refractivity contribution >= 4 is 10.9 Å². The summed E-state index contributed by atoms with van der Waals surface area (Å²) in [4.78, 5) is 15.0. The minimum Gasteiger partial charge on any atom is -0.375 e. The van der Waals surface area contributed by atoms with Crippen molar-refractivity contribution < 1.29 is 4.74 Å². The number of aryl methyl sites for hydroxylation is 1. The molecule has 0 saturated carbocycles. The molecular weight excluding hydrogens is 324 g/mol. The fourth-order valence-corrected chi connectivity index (χ4v) is 2.98. The SMILES string of the molecule is CCc1cc2ccc(C(C)(C#N)COCc3ccccc3)cc2[nH]c1=O. The number of hydrogen-bond donors (Lipinski definition) is 1. The molecule has 1 heterocycles. The maximum Gasteiger partial charge on any atom is 0.251 e. The van der Waals surface area contributed by atoms with Crippen LogP contribution in [0.3, 0.4) is 0 Å². The minimum absolute atomic E-state index is 0.0730. The van der Waals surface area contributed by atoms with Gasteiger partial charge in [0.05, 0.1) is 19.3 Å². The molecule has 0 aliphatic carbocycles. The molecule has 0 radical (unpaired) electrons. The third-order valence-corrected chi connectivity index (χ3v) is 4.69. The van der Waals surface area contributed by atoms with E-state index in [0.29, 0.717) is 13.0 Å². The Morgan fingerprint density at radius 3 is 2.62 bits per heavy atom. The van der Waals surface area contributed by atoms with Crippen LogP contribution < -0.4 is 5.56 Å². The number of pyridine rings is 1. The van der Waals surface area contributed by atoms with Crippen LogP contribution in [0.1, 0.15) is 30.5 Å². The van der Waals surface area contributed by atoms with Crippen LogP contribution in [0.4, 0.5) is 0 Å². The quantitative estimate of drug-likeness (QED) is 0.731. The lowest BCUT2D eigenvalue weighted by molar-refractivity contribution is 0.0932. The van der Waals surface area contributed by atoms with Gasteiger partial charge in [-0.2, -0.15) is 5.26 Å². The maximum absolute atomic E-state index is 12.1. The lowest BCUT2D eigenvalue weighted by Crippen LogP contribution is -2.26. The van der Waals surface area contributed by atoms with E-state index < -0.39 is 5.41 Å². The van der Waals surface area contributed by atoms with Gasteiger partial charge in [-0.1, -0.05) is 49.4 Å². The second-order valence-electron chi connectivity index (χ2n) is 6.70. The highest BCUT2D eigenvalue weighted by Gasteiger charge is 2.27. The zero-order valence-corrected chi connectivity index (χ0v) is 15.1. The highest BCUT2D eigenvalue weighted by atomic mass is 16.5. The Hall–Kier alpha value is -2.90. The summed E-state index contributed by atoms with van der Waals surface area (Å²) in [5.74, 6) is 0. The minimum atomic E-state index is -0.788. The second kappa shape index (κ2) is 7.55. The Balaban J connectivity index is 1.84. The molecule has 0 saturated heterocycles. The van der Waals surface area contributed by atoms with Gasteiger partial charge in [0, 0.05) is 11.1 Å². The number of H-pyrrole nitrogens is 1. The summed E-state index contributed by atoms with van der Waals surface area (Å²) >= 11 is 0. The summed E-state index contributed by atoms with van der Waals surface area (Å²) in [6.45, 7) is 4.56. The Morgan fingerprint density at radius 2 is 1.92 bits per heavy atom. The molecule has 4 heteroatoms. The lowest BCUT2D eigenvalue weighted by Gasteiger charge is -2.22. The Morgan fingerprint density at radius 1 is 1.15 bits per heavy atom. The number of aromatic amines is 1. The van der Waals surface area contributed by atoms with Crippen LogP contribution in [-0.2, 0) is 23.2 Å². The monoisotopic (exact) mass is 346 g/mol. The third kappa shape index (κ3) is 3.68. The highest BCUT2D eigenvalue weighted by molar-refractivity contribution is 5.80. The van der Waals surface area contributed by atoms with Gasteiger partial charge >= 0.3 is 0 Å². The first-order valence-corrected chi connectivity index (χ1v) is 8.75. The first-order valence-electron chi connectivity index (χ1n) is 8.75. The van der Waals surface area contributed by atoms with Crippen molar-refractivity contribution in [1.29, 1.82) is 5.26 Å². The van der Waals surface area contributed by atoms with Crippen molar-refractivity contribution in [3.05, 3.63) is 81.6 Å². The predicted octanol–water partition coefficient (Wildman–Crippen LogP) is 4.09. The molecule has 1 N–H and O–H groups in total. The van der Waals surface area contributed by atoms with Crippen molar-refractivity contribution in [3.63, 3.8) is 0 Å². The molecule has 1 aromatic heterocycles. The van der Waals surface area contributed by atoms with Gasteiger partial charge in [-0.3, -0.25) is 4.79 Å². The molecule has 3 rings (SSSR count). The van der Waals surface area contributed by atoms with Gasteiger partial charge in [-0.05, 0) is 42.0 Å². The lowest BCUT2D eigenvalue weighted by atomic mass is 9.84. The molecular formula is C22H22N2O2. The molecule has 0 bridgehead atoms. The van der Waals surface area contributed by atoms with Crippen LogP contribution >= 0.6 is 0 Å². The van der Waals surface area contributed by atoms with E-state index in [4.69, 9.17) is 4.74 Å². The zero-order valence-electron chi connectivity index (χ0n) is 15.1. The summed E-state index contributed by atoms with van der Waals surface area (Å²) in [6, 6.07) is 19.9. The average Bonchev–Trinajstić information content (AvgIpc) is 2.67. The summed E-state index contributed by atoms with van der Waals surface area (Å²) in [5.41, 5.74) is 2.55. The van der Waals surface area contributed by atoms with Crippen molar-refractivity contribution in [1.82, 2.24) is 4.98 Å². The Labute approximate surface area is 153 Å². The predicted molar refractivity (Wildman–Crippen MR) is 103 cm³/mol. The van der Waals surface area contributed by atoms with Crippen LogP contribution in [0.15, 0.2) is 59.4 Å². The standard InChI is InChI=1S/C22H22N2O2/c1-3-17-11-18-9-10-19(12-20(18)24-21(17)25)22(2,14-23)15-26-13-16-7-5-4-6-8-16/h4-12H,3,13,15H2,1-2H3,(H,24,25). The van der Waals surface area contributed by atoms with Gasteiger partial charge in [-0.25, -0.2) is 0 Å². The average molecular weight is 346 g/mol. The molecule has 0 spiro atoms. The molecule has 4 nitrogen and oxygen atoms in total. The smallest absolute Gasteiger partial charge is 0.251 e. The van der Waals surface area contributed by atoms with E-state index in [1.54, 1.807) is 0 Å². The van der Waals surface area contributed by atoms with E-state index in [9.17, 15) is 10.1 Å². The number of nitrogens with zero attached hydrogens (tertiary/aromatic N) is 1. The molecule has 1 atom stereocenters. The normalized spacial score (nSPS) is 13.3. The van der Waals surface area contributed by atoms with E-state index in [1.165, 1.54) is 0 Å². The third-order valence-electron chi connectivity index (χ3n) is 4.69. The number of fused-ring (bicyclic) bond motifs is 1. The summed E-state index contributed by atoms with van der Waals surface area (Å²) in [6.07, 6.45) is 0.691. The van der Waals surface area contributed by atoms with Crippen molar-refractivity contribution in [2.75, 3.05) is 6.61 Å². The topological polar surface area (TPSA) is 65.9 Å². The van der Waals surface area contributed by atoms with Gasteiger partial charge < -0.3 is 9.72 Å². The number of aromatic nitrogens is 1. The van der Waals surface area contributed by atoms with Gasteiger partial charge in [0.25, 0.3) is 5.56 Å². The summed E-state index contributed by atoms with van der Waals surface area (Å²) in [7, 11) is 0. The second-order valence-corrected chi connectivity index (χ2v) is 6.70. The zero-order chi connectivity index (χ0) is 18.6. The van der Waals surface area contributed by atoms with E-state index in [0.717, 1.165) is 27.6 Å². The summed E-state index contributed by atoms with van der Waals surface area (Å²) in [5, 5.41) is 10.7. The number of hydrogen-bond acceptors (Lipinski definition) is 3. The van der Waals surface area contributed by atoms with Crippen molar-refractivity contribution in [2.45, 2.75) is 32.3 Å². The number of rotatable bonds is 6.